The monoisotopic (exact) mass is 480 g/mol. The molecule has 1 atom stereocenters. The van der Waals surface area contributed by atoms with Gasteiger partial charge in [0.1, 0.15) is 12.1 Å². The number of carboxylic acids is 1. The van der Waals surface area contributed by atoms with E-state index in [1.165, 1.54) is 0 Å². The van der Waals surface area contributed by atoms with Gasteiger partial charge in [0.25, 0.3) is 0 Å². The van der Waals surface area contributed by atoms with Gasteiger partial charge in [0.2, 0.25) is 5.91 Å². The molecule has 0 aromatic heterocycles. The first-order valence-electron chi connectivity index (χ1n) is 12.2. The first-order chi connectivity index (χ1) is 16.9. The van der Waals surface area contributed by atoms with Crippen molar-refractivity contribution in [1.29, 1.82) is 0 Å². The van der Waals surface area contributed by atoms with Gasteiger partial charge >= 0.3 is 12.1 Å². The molecule has 1 aliphatic heterocycles. The number of fused-ring (bicyclic) bond motifs is 3. The summed E-state index contributed by atoms with van der Waals surface area (Å²) in [5.41, 5.74) is 3.23. The molecule has 4 rings (SSSR count). The summed E-state index contributed by atoms with van der Waals surface area (Å²) in [7, 11) is 0. The molecule has 0 saturated carbocycles. The average molecular weight is 481 g/mol. The first kappa shape index (κ1) is 24.7. The van der Waals surface area contributed by atoms with Crippen molar-refractivity contribution in [3.05, 3.63) is 59.7 Å². The number of carbonyl (C=O) groups is 3. The van der Waals surface area contributed by atoms with Crippen LogP contribution >= 0.6 is 0 Å². The molecule has 8 nitrogen and oxygen atoms in total. The highest BCUT2D eigenvalue weighted by Crippen LogP contribution is 2.44. The normalized spacial score (nSPS) is 17.1. The molecular weight excluding hydrogens is 448 g/mol. The molecule has 0 unspecified atom stereocenters. The minimum atomic E-state index is -1.32. The lowest BCUT2D eigenvalue weighted by atomic mass is 9.89. The molecule has 8 heteroatoms. The van der Waals surface area contributed by atoms with Crippen LogP contribution in [0.1, 0.15) is 56.1 Å². The zero-order chi connectivity index (χ0) is 24.8. The molecule has 2 aliphatic rings. The molecule has 0 spiro atoms. The van der Waals surface area contributed by atoms with Crippen LogP contribution < -0.4 is 10.6 Å². The Bertz CT molecular complexity index is 1030. The van der Waals surface area contributed by atoms with E-state index in [4.69, 9.17) is 9.47 Å². The molecular formula is C27H32N2O6. The summed E-state index contributed by atoms with van der Waals surface area (Å²) < 4.78 is 10.9. The van der Waals surface area contributed by atoms with Crippen molar-refractivity contribution in [3.8, 4) is 11.1 Å². The maximum absolute atomic E-state index is 12.7. The minimum Gasteiger partial charge on any atom is -0.480 e. The highest BCUT2D eigenvalue weighted by molar-refractivity contribution is 5.87. The van der Waals surface area contributed by atoms with Crippen LogP contribution in [0.4, 0.5) is 4.79 Å². The zero-order valence-corrected chi connectivity index (χ0v) is 19.9. The fourth-order valence-corrected chi connectivity index (χ4v) is 5.03. The van der Waals surface area contributed by atoms with E-state index in [9.17, 15) is 19.5 Å². The number of alkyl carbamates (subject to hydrolysis) is 1. The Morgan fingerprint density at radius 1 is 1.06 bits per heavy atom. The average Bonchev–Trinajstić information content (AvgIpc) is 3.17. The predicted molar refractivity (Wildman–Crippen MR) is 130 cm³/mol. The predicted octanol–water partition coefficient (Wildman–Crippen LogP) is 3.83. The van der Waals surface area contributed by atoms with E-state index in [2.05, 4.69) is 34.9 Å². The van der Waals surface area contributed by atoms with Gasteiger partial charge in [-0.25, -0.2) is 9.59 Å². The number of carbonyl (C=O) groups excluding carboxylic acids is 2. The van der Waals surface area contributed by atoms with Crippen LogP contribution in [-0.4, -0.2) is 54.5 Å². The van der Waals surface area contributed by atoms with Crippen molar-refractivity contribution >= 4 is 18.0 Å². The zero-order valence-electron chi connectivity index (χ0n) is 19.9. The Morgan fingerprint density at radius 2 is 1.66 bits per heavy atom. The molecule has 1 saturated heterocycles. The standard InChI is InChI=1S/C27H32N2O6/c1-2-7-18(16-24(30)29-27(25(31)32)12-14-34-15-13-27)28-26(33)35-17-23-21-10-5-3-8-19(21)20-9-4-6-11-22(20)23/h3-6,8-11,18,23H,2,7,12-17H2,1H3,(H,28,33)(H,29,30)(H,31,32)/t18-/m1/s1. The van der Waals surface area contributed by atoms with Gasteiger partial charge in [0.05, 0.1) is 0 Å². The molecule has 1 heterocycles. The number of hydrogen-bond donors (Lipinski definition) is 3. The van der Waals surface area contributed by atoms with Gasteiger partial charge in [-0.15, -0.1) is 0 Å². The maximum Gasteiger partial charge on any atom is 0.407 e. The third-order valence-electron chi connectivity index (χ3n) is 6.87. The SMILES string of the molecule is CCC[C@H](CC(=O)NC1(C(=O)O)CCOCC1)NC(=O)OCC1c2ccccc2-c2ccccc21. The molecule has 0 radical (unpaired) electrons. The van der Waals surface area contributed by atoms with Crippen molar-refractivity contribution in [2.75, 3.05) is 19.8 Å². The van der Waals surface area contributed by atoms with Crippen LogP contribution in [0.15, 0.2) is 48.5 Å². The lowest BCUT2D eigenvalue weighted by Crippen LogP contribution is -2.58. The van der Waals surface area contributed by atoms with Gasteiger partial charge in [0.15, 0.2) is 0 Å². The number of carboxylic acid groups (broad SMARTS) is 1. The van der Waals surface area contributed by atoms with Gasteiger partial charge in [0, 0.05) is 44.4 Å². The molecule has 1 fully saturated rings. The Kier molecular flexibility index (Phi) is 7.70. The second-order valence-corrected chi connectivity index (χ2v) is 9.21. The van der Waals surface area contributed by atoms with Gasteiger partial charge < -0.3 is 25.2 Å². The summed E-state index contributed by atoms with van der Waals surface area (Å²) in [5, 5.41) is 15.2. The van der Waals surface area contributed by atoms with E-state index in [1.807, 2.05) is 31.2 Å². The number of amides is 2. The number of nitrogens with one attached hydrogen (secondary N) is 2. The van der Waals surface area contributed by atoms with Crippen molar-refractivity contribution in [1.82, 2.24) is 10.6 Å². The maximum atomic E-state index is 12.7. The number of hydrogen-bond acceptors (Lipinski definition) is 5. The third kappa shape index (κ3) is 5.48. The molecule has 1 aliphatic carbocycles. The number of aliphatic carboxylic acids is 1. The van der Waals surface area contributed by atoms with Crippen LogP contribution in [0.3, 0.4) is 0 Å². The smallest absolute Gasteiger partial charge is 0.407 e. The van der Waals surface area contributed by atoms with Crippen LogP contribution in [-0.2, 0) is 19.1 Å². The van der Waals surface area contributed by atoms with E-state index in [-0.39, 0.29) is 45.0 Å². The summed E-state index contributed by atoms with van der Waals surface area (Å²) in [5.74, 6) is -1.53. The lowest BCUT2D eigenvalue weighted by Gasteiger charge is -2.34. The third-order valence-corrected chi connectivity index (χ3v) is 6.87. The highest BCUT2D eigenvalue weighted by atomic mass is 16.5. The van der Waals surface area contributed by atoms with Gasteiger partial charge in [-0.1, -0.05) is 61.9 Å². The topological polar surface area (TPSA) is 114 Å². The number of rotatable bonds is 9. The Hall–Kier alpha value is -3.39. The summed E-state index contributed by atoms with van der Waals surface area (Å²) in [4.78, 5) is 37.2. The summed E-state index contributed by atoms with van der Waals surface area (Å²) in [6, 6.07) is 15.8. The van der Waals surface area contributed by atoms with Crippen molar-refractivity contribution in [2.24, 2.45) is 0 Å². The fraction of sp³-hybridized carbons (Fsp3) is 0.444. The number of benzene rings is 2. The Balaban J connectivity index is 1.35. The van der Waals surface area contributed by atoms with E-state index >= 15 is 0 Å². The van der Waals surface area contributed by atoms with Gasteiger partial charge in [-0.3, -0.25) is 4.79 Å². The Labute approximate surface area is 205 Å². The van der Waals surface area contributed by atoms with Crippen LogP contribution in [0.25, 0.3) is 11.1 Å². The van der Waals surface area contributed by atoms with Crippen molar-refractivity contribution < 1.29 is 29.0 Å². The van der Waals surface area contributed by atoms with E-state index < -0.39 is 29.6 Å². The van der Waals surface area contributed by atoms with E-state index in [1.54, 1.807) is 0 Å². The van der Waals surface area contributed by atoms with Crippen LogP contribution in [0.2, 0.25) is 0 Å². The second-order valence-electron chi connectivity index (χ2n) is 9.21. The largest absolute Gasteiger partial charge is 0.480 e. The molecule has 2 aromatic carbocycles. The van der Waals surface area contributed by atoms with Gasteiger partial charge in [-0.05, 0) is 28.7 Å². The van der Waals surface area contributed by atoms with Gasteiger partial charge in [-0.2, -0.15) is 0 Å². The molecule has 3 N–H and O–H groups in total. The fourth-order valence-electron chi connectivity index (χ4n) is 5.03. The molecule has 186 valence electrons. The van der Waals surface area contributed by atoms with Crippen LogP contribution in [0.5, 0.6) is 0 Å². The molecule has 2 amide bonds. The van der Waals surface area contributed by atoms with E-state index in [0.29, 0.717) is 6.42 Å². The first-order valence-corrected chi connectivity index (χ1v) is 12.2. The van der Waals surface area contributed by atoms with Crippen molar-refractivity contribution in [2.45, 2.75) is 56.5 Å². The molecule has 35 heavy (non-hydrogen) atoms. The summed E-state index contributed by atoms with van der Waals surface area (Å²) >= 11 is 0. The Morgan fingerprint density at radius 3 is 2.23 bits per heavy atom. The van der Waals surface area contributed by atoms with Crippen LogP contribution in [0, 0.1) is 0 Å². The second kappa shape index (κ2) is 10.9. The minimum absolute atomic E-state index is 0.0199. The number of ether oxygens (including phenoxy) is 2. The van der Waals surface area contributed by atoms with E-state index in [0.717, 1.165) is 28.7 Å². The summed E-state index contributed by atoms with van der Waals surface area (Å²) in [6.07, 6.45) is 1.14. The molecule has 0 bridgehead atoms. The highest BCUT2D eigenvalue weighted by Gasteiger charge is 2.41. The lowest BCUT2D eigenvalue weighted by molar-refractivity contribution is -0.152. The molecule has 2 aromatic rings. The quantitative estimate of drug-likeness (QED) is 0.503. The summed E-state index contributed by atoms with van der Waals surface area (Å²) in [6.45, 7) is 2.71. The van der Waals surface area contributed by atoms with Crippen molar-refractivity contribution in [3.63, 3.8) is 0 Å².